The summed E-state index contributed by atoms with van der Waals surface area (Å²) in [6, 6.07) is 11.0. The molecule has 0 saturated heterocycles. The standard InChI is InChI=1S/C20H17NO4/c22-12-4-1-3-11(7-12)19-13-8-17-18(25-10-24-17)9-15(13)21-14-5-2-6-16(23)20(14)19/h1,3-4,7-9,19,21-22H,2,5-6,10H2/t19-/m1/s1. The Balaban J connectivity index is 1.75. The first kappa shape index (κ1) is 14.4. The minimum Gasteiger partial charge on any atom is -0.508 e. The van der Waals surface area contributed by atoms with E-state index in [2.05, 4.69) is 5.32 Å². The van der Waals surface area contributed by atoms with Gasteiger partial charge in [0, 0.05) is 35.4 Å². The van der Waals surface area contributed by atoms with E-state index in [9.17, 15) is 9.90 Å². The van der Waals surface area contributed by atoms with Gasteiger partial charge in [0.25, 0.3) is 0 Å². The number of Topliss-reactive ketones (excluding diaryl/α,β-unsaturated/α-hetero) is 1. The molecule has 0 fully saturated rings. The molecule has 25 heavy (non-hydrogen) atoms. The van der Waals surface area contributed by atoms with Crippen LogP contribution >= 0.6 is 0 Å². The van der Waals surface area contributed by atoms with Crippen LogP contribution in [-0.2, 0) is 4.79 Å². The molecule has 1 aliphatic carbocycles. The molecule has 0 aromatic heterocycles. The van der Waals surface area contributed by atoms with Gasteiger partial charge < -0.3 is 19.9 Å². The number of carbonyl (C=O) groups excluding carboxylic acids is 1. The highest BCUT2D eigenvalue weighted by atomic mass is 16.7. The number of fused-ring (bicyclic) bond motifs is 2. The fraction of sp³-hybridized carbons (Fsp3) is 0.250. The molecule has 5 heteroatoms. The Hall–Kier alpha value is -2.95. The smallest absolute Gasteiger partial charge is 0.231 e. The first-order valence-electron chi connectivity index (χ1n) is 8.46. The fourth-order valence-corrected chi connectivity index (χ4v) is 4.00. The normalized spacial score (nSPS) is 20.8. The zero-order valence-electron chi connectivity index (χ0n) is 13.5. The second kappa shape index (κ2) is 5.28. The van der Waals surface area contributed by atoms with Gasteiger partial charge in [-0.1, -0.05) is 12.1 Å². The van der Waals surface area contributed by atoms with Crippen molar-refractivity contribution in [1.29, 1.82) is 0 Å². The van der Waals surface area contributed by atoms with Crippen LogP contribution in [0.5, 0.6) is 17.2 Å². The summed E-state index contributed by atoms with van der Waals surface area (Å²) in [4.78, 5) is 12.7. The molecule has 0 spiro atoms. The number of phenols is 1. The molecule has 2 heterocycles. The van der Waals surface area contributed by atoms with Crippen molar-refractivity contribution in [2.24, 2.45) is 0 Å². The molecule has 2 N–H and O–H groups in total. The highest BCUT2D eigenvalue weighted by molar-refractivity contribution is 6.01. The second-order valence-electron chi connectivity index (χ2n) is 6.61. The van der Waals surface area contributed by atoms with Crippen LogP contribution in [0, 0.1) is 0 Å². The fourth-order valence-electron chi connectivity index (χ4n) is 4.00. The van der Waals surface area contributed by atoms with E-state index in [0.717, 1.165) is 40.9 Å². The number of carbonyl (C=O) groups is 1. The lowest BCUT2D eigenvalue weighted by atomic mass is 9.75. The van der Waals surface area contributed by atoms with Gasteiger partial charge in [0.1, 0.15) is 5.75 Å². The van der Waals surface area contributed by atoms with Crippen LogP contribution in [0.1, 0.15) is 36.3 Å². The van der Waals surface area contributed by atoms with Crippen LogP contribution < -0.4 is 14.8 Å². The predicted molar refractivity (Wildman–Crippen MR) is 92.0 cm³/mol. The van der Waals surface area contributed by atoms with E-state index >= 15 is 0 Å². The average molecular weight is 335 g/mol. The molecule has 126 valence electrons. The Kier molecular flexibility index (Phi) is 3.04. The summed E-state index contributed by atoms with van der Waals surface area (Å²) in [6.45, 7) is 0.209. The molecule has 2 aromatic carbocycles. The third-order valence-corrected chi connectivity index (χ3v) is 5.09. The molecule has 0 radical (unpaired) electrons. The molecule has 0 bridgehead atoms. The van der Waals surface area contributed by atoms with E-state index in [4.69, 9.17) is 9.47 Å². The van der Waals surface area contributed by atoms with Crippen LogP contribution in [0.2, 0.25) is 0 Å². The number of allylic oxidation sites excluding steroid dienone is 2. The number of hydrogen-bond acceptors (Lipinski definition) is 5. The third-order valence-electron chi connectivity index (χ3n) is 5.09. The van der Waals surface area contributed by atoms with Gasteiger partial charge in [0.05, 0.1) is 0 Å². The molecule has 0 amide bonds. The number of nitrogens with one attached hydrogen (secondary N) is 1. The predicted octanol–water partition coefficient (Wildman–Crippen LogP) is 3.69. The number of phenolic OH excluding ortho intramolecular Hbond substituents is 1. The molecule has 1 atom stereocenters. The number of benzene rings is 2. The van der Waals surface area contributed by atoms with Crippen molar-refractivity contribution in [1.82, 2.24) is 0 Å². The number of ketones is 1. The highest BCUT2D eigenvalue weighted by Gasteiger charge is 2.36. The molecule has 2 aliphatic heterocycles. The zero-order valence-corrected chi connectivity index (χ0v) is 13.5. The minimum absolute atomic E-state index is 0.172. The van der Waals surface area contributed by atoms with E-state index in [1.54, 1.807) is 12.1 Å². The van der Waals surface area contributed by atoms with Crippen LogP contribution in [0.25, 0.3) is 0 Å². The molecule has 3 aliphatic rings. The maximum atomic E-state index is 12.7. The number of anilines is 1. The van der Waals surface area contributed by atoms with Crippen molar-refractivity contribution >= 4 is 11.5 Å². The molecule has 0 saturated carbocycles. The van der Waals surface area contributed by atoms with Gasteiger partial charge in [0.15, 0.2) is 17.3 Å². The van der Waals surface area contributed by atoms with Crippen molar-refractivity contribution in [2.75, 3.05) is 12.1 Å². The third kappa shape index (κ3) is 2.19. The topological polar surface area (TPSA) is 67.8 Å². The highest BCUT2D eigenvalue weighted by Crippen LogP contribution is 2.49. The van der Waals surface area contributed by atoms with Crippen LogP contribution in [0.3, 0.4) is 0 Å². The first-order chi connectivity index (χ1) is 12.2. The van der Waals surface area contributed by atoms with Crippen molar-refractivity contribution in [2.45, 2.75) is 25.2 Å². The number of ether oxygens (including phenoxy) is 2. The monoisotopic (exact) mass is 335 g/mol. The summed E-state index contributed by atoms with van der Waals surface area (Å²) in [5.41, 5.74) is 4.61. The molecule has 2 aromatic rings. The lowest BCUT2D eigenvalue weighted by Crippen LogP contribution is -2.26. The van der Waals surface area contributed by atoms with Gasteiger partial charge in [-0.15, -0.1) is 0 Å². The Morgan fingerprint density at radius 2 is 1.92 bits per heavy atom. The molecule has 0 unspecified atom stereocenters. The Labute approximate surface area is 144 Å². The van der Waals surface area contributed by atoms with Gasteiger partial charge in [0.2, 0.25) is 6.79 Å². The number of aromatic hydroxyl groups is 1. The van der Waals surface area contributed by atoms with E-state index < -0.39 is 0 Å². The van der Waals surface area contributed by atoms with Crippen molar-refractivity contribution in [3.8, 4) is 17.2 Å². The first-order valence-corrected chi connectivity index (χ1v) is 8.46. The molecule has 5 rings (SSSR count). The van der Waals surface area contributed by atoms with Crippen LogP contribution in [-0.4, -0.2) is 17.7 Å². The van der Waals surface area contributed by atoms with Crippen molar-refractivity contribution in [3.05, 3.63) is 58.8 Å². The molecular formula is C20H17NO4. The molecular weight excluding hydrogens is 318 g/mol. The van der Waals surface area contributed by atoms with E-state index in [1.165, 1.54) is 0 Å². The number of rotatable bonds is 1. The zero-order chi connectivity index (χ0) is 17.0. The van der Waals surface area contributed by atoms with Crippen LogP contribution in [0.4, 0.5) is 5.69 Å². The summed E-state index contributed by atoms with van der Waals surface area (Å²) in [7, 11) is 0. The van der Waals surface area contributed by atoms with Gasteiger partial charge in [-0.3, -0.25) is 4.79 Å². The minimum atomic E-state index is -0.208. The summed E-state index contributed by atoms with van der Waals surface area (Å²) < 4.78 is 11.0. The lowest BCUT2D eigenvalue weighted by Gasteiger charge is -2.34. The van der Waals surface area contributed by atoms with Gasteiger partial charge in [-0.25, -0.2) is 0 Å². The second-order valence-corrected chi connectivity index (χ2v) is 6.61. The summed E-state index contributed by atoms with van der Waals surface area (Å²) in [5.74, 6) is 1.57. The maximum absolute atomic E-state index is 12.7. The van der Waals surface area contributed by atoms with E-state index in [1.807, 2.05) is 24.3 Å². The Bertz CT molecular complexity index is 931. The van der Waals surface area contributed by atoms with Crippen molar-refractivity contribution in [3.63, 3.8) is 0 Å². The summed E-state index contributed by atoms with van der Waals surface area (Å²) in [5, 5.41) is 13.4. The van der Waals surface area contributed by atoms with E-state index in [-0.39, 0.29) is 24.2 Å². The van der Waals surface area contributed by atoms with E-state index in [0.29, 0.717) is 17.9 Å². The maximum Gasteiger partial charge on any atom is 0.231 e. The lowest BCUT2D eigenvalue weighted by molar-refractivity contribution is -0.116. The Morgan fingerprint density at radius 1 is 1.08 bits per heavy atom. The van der Waals surface area contributed by atoms with Gasteiger partial charge in [-0.2, -0.15) is 0 Å². The Morgan fingerprint density at radius 3 is 2.76 bits per heavy atom. The largest absolute Gasteiger partial charge is 0.508 e. The van der Waals surface area contributed by atoms with Gasteiger partial charge >= 0.3 is 0 Å². The summed E-state index contributed by atoms with van der Waals surface area (Å²) in [6.07, 6.45) is 2.28. The average Bonchev–Trinajstić information content (AvgIpc) is 3.05. The molecule has 5 nitrogen and oxygen atoms in total. The SMILES string of the molecule is O=C1CCCC2=C1[C@H](c1cccc(O)c1)c1cc3c(cc1N2)OCO3. The summed E-state index contributed by atoms with van der Waals surface area (Å²) >= 11 is 0. The quantitative estimate of drug-likeness (QED) is 0.832. The number of hydrogen-bond donors (Lipinski definition) is 2. The van der Waals surface area contributed by atoms with Crippen LogP contribution in [0.15, 0.2) is 47.7 Å². The van der Waals surface area contributed by atoms with Gasteiger partial charge in [-0.05, 0) is 42.2 Å². The van der Waals surface area contributed by atoms with Crippen molar-refractivity contribution < 1.29 is 19.4 Å².